The molecule has 1 atom stereocenters. The van der Waals surface area contributed by atoms with E-state index in [1.54, 1.807) is 7.11 Å². The van der Waals surface area contributed by atoms with E-state index in [9.17, 15) is 0 Å². The molecule has 21 heavy (non-hydrogen) atoms. The first kappa shape index (κ1) is 16.3. The standard InChI is InChI=1S/C15H17Br2N3O/c1-21-11-3-4-13(17)9(6-11)7-15(20-19)12-8-10(16)2-5-14(12)18/h2-6,8,15,20H,7,18-19H2,1H3. The molecule has 112 valence electrons. The number of anilines is 1. The number of hydrazine groups is 1. The fourth-order valence-electron chi connectivity index (χ4n) is 2.16. The molecule has 0 aromatic heterocycles. The van der Waals surface area contributed by atoms with E-state index in [0.29, 0.717) is 12.1 Å². The largest absolute Gasteiger partial charge is 0.497 e. The Labute approximate surface area is 141 Å². The predicted octanol–water partition coefficient (Wildman–Crippen LogP) is 3.55. The number of benzene rings is 2. The van der Waals surface area contributed by atoms with E-state index in [1.165, 1.54) is 0 Å². The smallest absolute Gasteiger partial charge is 0.119 e. The molecule has 0 fully saturated rings. The van der Waals surface area contributed by atoms with Gasteiger partial charge in [-0.15, -0.1) is 0 Å². The van der Waals surface area contributed by atoms with Crippen molar-refractivity contribution >= 4 is 37.5 Å². The quantitative estimate of drug-likeness (QED) is 0.397. The van der Waals surface area contributed by atoms with Gasteiger partial charge in [-0.3, -0.25) is 11.3 Å². The monoisotopic (exact) mass is 413 g/mol. The molecule has 5 N–H and O–H groups in total. The number of nitrogens with one attached hydrogen (secondary N) is 1. The number of methoxy groups -OCH3 is 1. The zero-order valence-corrected chi connectivity index (χ0v) is 14.7. The Balaban J connectivity index is 2.33. The van der Waals surface area contributed by atoms with Gasteiger partial charge in [-0.05, 0) is 53.9 Å². The van der Waals surface area contributed by atoms with Gasteiger partial charge in [0.25, 0.3) is 0 Å². The van der Waals surface area contributed by atoms with Crippen molar-refractivity contribution in [2.24, 2.45) is 5.84 Å². The minimum atomic E-state index is -0.0918. The van der Waals surface area contributed by atoms with E-state index in [-0.39, 0.29) is 6.04 Å². The molecule has 0 spiro atoms. The third-order valence-electron chi connectivity index (χ3n) is 3.30. The highest BCUT2D eigenvalue weighted by molar-refractivity contribution is 9.10. The lowest BCUT2D eigenvalue weighted by Gasteiger charge is -2.20. The van der Waals surface area contributed by atoms with E-state index >= 15 is 0 Å². The first-order chi connectivity index (χ1) is 10.0. The maximum atomic E-state index is 6.06. The molecule has 0 saturated carbocycles. The summed E-state index contributed by atoms with van der Waals surface area (Å²) in [6.45, 7) is 0. The predicted molar refractivity (Wildman–Crippen MR) is 93.0 cm³/mol. The molecule has 0 aliphatic rings. The van der Waals surface area contributed by atoms with Crippen molar-refractivity contribution in [3.8, 4) is 5.75 Å². The Kier molecular flexibility index (Phi) is 5.64. The molecule has 2 aromatic carbocycles. The van der Waals surface area contributed by atoms with E-state index in [4.69, 9.17) is 16.3 Å². The average Bonchev–Trinajstić information content (AvgIpc) is 2.49. The van der Waals surface area contributed by atoms with Gasteiger partial charge >= 0.3 is 0 Å². The summed E-state index contributed by atoms with van der Waals surface area (Å²) in [4.78, 5) is 0. The van der Waals surface area contributed by atoms with Crippen molar-refractivity contribution in [2.75, 3.05) is 12.8 Å². The first-order valence-corrected chi connectivity index (χ1v) is 7.97. The Morgan fingerprint density at radius 3 is 2.62 bits per heavy atom. The Bertz CT molecular complexity index is 634. The van der Waals surface area contributed by atoms with E-state index in [1.807, 2.05) is 36.4 Å². The number of ether oxygens (including phenoxy) is 1. The number of halogens is 2. The molecule has 0 aliphatic carbocycles. The lowest BCUT2D eigenvalue weighted by Crippen LogP contribution is -2.30. The van der Waals surface area contributed by atoms with E-state index < -0.39 is 0 Å². The summed E-state index contributed by atoms with van der Waals surface area (Å²) < 4.78 is 7.25. The second-order valence-corrected chi connectivity index (χ2v) is 6.42. The van der Waals surface area contributed by atoms with Crippen LogP contribution in [-0.2, 0) is 6.42 Å². The van der Waals surface area contributed by atoms with Crippen LogP contribution in [0.4, 0.5) is 5.69 Å². The Morgan fingerprint density at radius 1 is 1.19 bits per heavy atom. The minimum absolute atomic E-state index is 0.0918. The van der Waals surface area contributed by atoms with Crippen LogP contribution in [0.2, 0.25) is 0 Å². The van der Waals surface area contributed by atoms with Gasteiger partial charge in [0.05, 0.1) is 13.2 Å². The highest BCUT2D eigenvalue weighted by Gasteiger charge is 2.16. The van der Waals surface area contributed by atoms with Gasteiger partial charge in [-0.2, -0.15) is 0 Å². The molecule has 0 bridgehead atoms. The normalized spacial score (nSPS) is 12.2. The molecule has 2 rings (SSSR count). The fourth-order valence-corrected chi connectivity index (χ4v) is 2.95. The Hall–Kier alpha value is -1.08. The van der Waals surface area contributed by atoms with E-state index in [0.717, 1.165) is 25.8 Å². The summed E-state index contributed by atoms with van der Waals surface area (Å²) in [5.74, 6) is 6.54. The van der Waals surface area contributed by atoms with Crippen molar-refractivity contribution in [3.05, 3.63) is 56.5 Å². The second kappa shape index (κ2) is 7.26. The molecule has 0 amide bonds. The molecule has 0 aliphatic heterocycles. The fraction of sp³-hybridized carbons (Fsp3) is 0.200. The first-order valence-electron chi connectivity index (χ1n) is 6.38. The average molecular weight is 415 g/mol. The van der Waals surface area contributed by atoms with Crippen LogP contribution in [0.1, 0.15) is 17.2 Å². The SMILES string of the molecule is COc1ccc(Br)c(CC(NN)c2cc(Br)ccc2N)c1. The number of nitrogens with two attached hydrogens (primary N) is 2. The maximum Gasteiger partial charge on any atom is 0.119 e. The van der Waals surface area contributed by atoms with Gasteiger partial charge in [-0.1, -0.05) is 31.9 Å². The van der Waals surface area contributed by atoms with Crippen LogP contribution in [0.5, 0.6) is 5.75 Å². The topological polar surface area (TPSA) is 73.3 Å². The maximum absolute atomic E-state index is 6.06. The molecule has 0 heterocycles. The molecule has 6 heteroatoms. The van der Waals surface area contributed by atoms with Crippen LogP contribution in [-0.4, -0.2) is 7.11 Å². The van der Waals surface area contributed by atoms with Crippen molar-refractivity contribution in [3.63, 3.8) is 0 Å². The van der Waals surface area contributed by atoms with Gasteiger partial charge in [0.2, 0.25) is 0 Å². The third kappa shape index (κ3) is 3.97. The van der Waals surface area contributed by atoms with Crippen molar-refractivity contribution in [2.45, 2.75) is 12.5 Å². The van der Waals surface area contributed by atoms with Crippen LogP contribution >= 0.6 is 31.9 Å². The molecule has 2 aromatic rings. The Morgan fingerprint density at radius 2 is 1.95 bits per heavy atom. The van der Waals surface area contributed by atoms with Crippen LogP contribution < -0.4 is 21.7 Å². The molecule has 0 saturated heterocycles. The van der Waals surface area contributed by atoms with Gasteiger partial charge in [0.15, 0.2) is 0 Å². The summed E-state index contributed by atoms with van der Waals surface area (Å²) >= 11 is 7.02. The summed E-state index contributed by atoms with van der Waals surface area (Å²) in [5, 5.41) is 0. The summed E-state index contributed by atoms with van der Waals surface area (Å²) in [5.41, 5.74) is 11.7. The number of hydrogen-bond donors (Lipinski definition) is 3. The second-order valence-electron chi connectivity index (χ2n) is 4.65. The lowest BCUT2D eigenvalue weighted by molar-refractivity contribution is 0.413. The zero-order valence-electron chi connectivity index (χ0n) is 11.6. The summed E-state index contributed by atoms with van der Waals surface area (Å²) in [7, 11) is 1.65. The highest BCUT2D eigenvalue weighted by atomic mass is 79.9. The highest BCUT2D eigenvalue weighted by Crippen LogP contribution is 2.30. The summed E-state index contributed by atoms with van der Waals surface area (Å²) in [6, 6.07) is 11.5. The molecule has 0 radical (unpaired) electrons. The van der Waals surface area contributed by atoms with Crippen LogP contribution in [0, 0.1) is 0 Å². The van der Waals surface area contributed by atoms with Gasteiger partial charge in [-0.25, -0.2) is 0 Å². The molecule has 4 nitrogen and oxygen atoms in total. The molecular weight excluding hydrogens is 398 g/mol. The minimum Gasteiger partial charge on any atom is -0.497 e. The number of hydrogen-bond acceptors (Lipinski definition) is 4. The zero-order chi connectivity index (χ0) is 15.4. The van der Waals surface area contributed by atoms with Gasteiger partial charge in [0.1, 0.15) is 5.75 Å². The molecule has 1 unspecified atom stereocenters. The summed E-state index contributed by atoms with van der Waals surface area (Å²) in [6.07, 6.45) is 0.689. The van der Waals surface area contributed by atoms with Crippen LogP contribution in [0.25, 0.3) is 0 Å². The lowest BCUT2D eigenvalue weighted by atomic mass is 9.98. The van der Waals surface area contributed by atoms with Crippen LogP contribution in [0.3, 0.4) is 0 Å². The molecular formula is C15H17Br2N3O. The van der Waals surface area contributed by atoms with Gasteiger partial charge in [0, 0.05) is 14.6 Å². The van der Waals surface area contributed by atoms with Crippen molar-refractivity contribution in [1.29, 1.82) is 0 Å². The van der Waals surface area contributed by atoms with E-state index in [2.05, 4.69) is 37.3 Å². The van der Waals surface area contributed by atoms with Crippen molar-refractivity contribution in [1.82, 2.24) is 5.43 Å². The third-order valence-corrected chi connectivity index (χ3v) is 4.57. The van der Waals surface area contributed by atoms with Crippen molar-refractivity contribution < 1.29 is 4.74 Å². The van der Waals surface area contributed by atoms with Crippen LogP contribution in [0.15, 0.2) is 45.3 Å². The van der Waals surface area contributed by atoms with Gasteiger partial charge < -0.3 is 10.5 Å². The number of rotatable bonds is 5. The number of nitrogen functional groups attached to an aromatic ring is 1.